The van der Waals surface area contributed by atoms with Gasteiger partial charge in [-0.3, -0.25) is 4.79 Å². The molecule has 0 radical (unpaired) electrons. The smallest absolute Gasteiger partial charge is 0.237 e. The molecule has 20 heavy (non-hydrogen) atoms. The Bertz CT molecular complexity index is 503. The lowest BCUT2D eigenvalue weighted by Crippen LogP contribution is -2.42. The first kappa shape index (κ1) is 15.1. The SMILES string of the molecule is COc1cc(CNC(C)C(=O)NC2CC2)cc(Br)c1O. The summed E-state index contributed by atoms with van der Waals surface area (Å²) in [6.45, 7) is 2.36. The highest BCUT2D eigenvalue weighted by atomic mass is 79.9. The lowest BCUT2D eigenvalue weighted by atomic mass is 10.2. The molecular weight excluding hydrogens is 324 g/mol. The van der Waals surface area contributed by atoms with Gasteiger partial charge < -0.3 is 20.5 Å². The van der Waals surface area contributed by atoms with E-state index in [1.54, 1.807) is 12.1 Å². The largest absolute Gasteiger partial charge is 0.503 e. The van der Waals surface area contributed by atoms with E-state index in [1.165, 1.54) is 7.11 Å². The Hall–Kier alpha value is -1.27. The van der Waals surface area contributed by atoms with E-state index in [0.29, 0.717) is 22.8 Å². The van der Waals surface area contributed by atoms with Gasteiger partial charge in [-0.1, -0.05) is 0 Å². The van der Waals surface area contributed by atoms with Crippen LogP contribution in [0.25, 0.3) is 0 Å². The second kappa shape index (κ2) is 6.45. The highest BCUT2D eigenvalue weighted by Gasteiger charge is 2.25. The first-order valence-electron chi connectivity index (χ1n) is 6.60. The first-order chi connectivity index (χ1) is 9.51. The molecule has 1 saturated carbocycles. The van der Waals surface area contributed by atoms with Crippen molar-refractivity contribution in [3.8, 4) is 11.5 Å². The molecule has 0 spiro atoms. The van der Waals surface area contributed by atoms with E-state index in [9.17, 15) is 9.90 Å². The molecule has 0 heterocycles. The number of ether oxygens (including phenoxy) is 1. The molecule has 1 fully saturated rings. The molecule has 0 aromatic heterocycles. The number of benzene rings is 1. The summed E-state index contributed by atoms with van der Waals surface area (Å²) in [5, 5.41) is 15.9. The zero-order valence-electron chi connectivity index (χ0n) is 11.6. The maximum atomic E-state index is 11.8. The number of phenols is 1. The minimum atomic E-state index is -0.255. The molecule has 1 aromatic rings. The maximum absolute atomic E-state index is 11.8. The third kappa shape index (κ3) is 3.86. The number of hydrogen-bond acceptors (Lipinski definition) is 4. The molecule has 5 nitrogen and oxygen atoms in total. The van der Waals surface area contributed by atoms with Crippen LogP contribution in [0.15, 0.2) is 16.6 Å². The van der Waals surface area contributed by atoms with Gasteiger partial charge in [0.1, 0.15) is 0 Å². The lowest BCUT2D eigenvalue weighted by molar-refractivity contribution is -0.122. The average molecular weight is 343 g/mol. The Balaban J connectivity index is 1.92. The summed E-state index contributed by atoms with van der Waals surface area (Å²) in [6, 6.07) is 3.67. The van der Waals surface area contributed by atoms with Crippen molar-refractivity contribution in [2.45, 2.75) is 38.4 Å². The molecule has 0 aliphatic heterocycles. The summed E-state index contributed by atoms with van der Waals surface area (Å²) >= 11 is 3.28. The second-order valence-electron chi connectivity index (χ2n) is 5.01. The Kier molecular flexibility index (Phi) is 4.88. The summed E-state index contributed by atoms with van der Waals surface area (Å²) in [7, 11) is 1.50. The molecular formula is C14H19BrN2O3. The molecule has 0 saturated heterocycles. The van der Waals surface area contributed by atoms with Gasteiger partial charge in [-0.05, 0) is 53.4 Å². The Labute approximate surface area is 126 Å². The number of hydrogen-bond donors (Lipinski definition) is 3. The Morgan fingerprint density at radius 3 is 2.85 bits per heavy atom. The number of phenolic OH excluding ortho intramolecular Hbond substituents is 1. The van der Waals surface area contributed by atoms with Crippen molar-refractivity contribution in [3.05, 3.63) is 22.2 Å². The van der Waals surface area contributed by atoms with Crippen molar-refractivity contribution in [2.75, 3.05) is 7.11 Å². The van der Waals surface area contributed by atoms with Crippen molar-refractivity contribution >= 4 is 21.8 Å². The standard InChI is InChI=1S/C14H19BrN2O3/c1-8(14(19)17-10-3-4-10)16-7-9-5-11(15)13(18)12(6-9)20-2/h5-6,8,10,16,18H,3-4,7H2,1-2H3,(H,17,19). The van der Waals surface area contributed by atoms with Gasteiger partial charge in [-0.25, -0.2) is 0 Å². The first-order valence-corrected chi connectivity index (χ1v) is 7.39. The fraction of sp³-hybridized carbons (Fsp3) is 0.500. The number of methoxy groups -OCH3 is 1. The quantitative estimate of drug-likeness (QED) is 0.738. The van der Waals surface area contributed by atoms with Crippen LogP contribution < -0.4 is 15.4 Å². The summed E-state index contributed by atoms with van der Waals surface area (Å²) in [4.78, 5) is 11.8. The van der Waals surface area contributed by atoms with Gasteiger partial charge in [0.2, 0.25) is 5.91 Å². The third-order valence-electron chi connectivity index (χ3n) is 3.24. The van der Waals surface area contributed by atoms with Gasteiger partial charge >= 0.3 is 0 Å². The van der Waals surface area contributed by atoms with Crippen LogP contribution in [-0.2, 0) is 11.3 Å². The number of carbonyl (C=O) groups is 1. The van der Waals surface area contributed by atoms with Gasteiger partial charge in [-0.15, -0.1) is 0 Å². The molecule has 6 heteroatoms. The molecule has 1 atom stereocenters. The van der Waals surface area contributed by atoms with Gasteiger partial charge in [0, 0.05) is 12.6 Å². The predicted molar refractivity (Wildman–Crippen MR) is 79.8 cm³/mol. The minimum Gasteiger partial charge on any atom is -0.503 e. The molecule has 1 unspecified atom stereocenters. The number of aromatic hydroxyl groups is 1. The van der Waals surface area contributed by atoms with Crippen LogP contribution in [0.2, 0.25) is 0 Å². The lowest BCUT2D eigenvalue weighted by Gasteiger charge is -2.15. The van der Waals surface area contributed by atoms with Gasteiger partial charge in [0.25, 0.3) is 0 Å². The Morgan fingerprint density at radius 1 is 1.55 bits per heavy atom. The average Bonchev–Trinajstić information content (AvgIpc) is 3.23. The van der Waals surface area contributed by atoms with Gasteiger partial charge in [-0.2, -0.15) is 0 Å². The zero-order chi connectivity index (χ0) is 14.7. The number of carbonyl (C=O) groups excluding carboxylic acids is 1. The monoisotopic (exact) mass is 342 g/mol. The third-order valence-corrected chi connectivity index (χ3v) is 3.84. The van der Waals surface area contributed by atoms with Crippen molar-refractivity contribution in [3.63, 3.8) is 0 Å². The van der Waals surface area contributed by atoms with Crippen LogP contribution in [0, 0.1) is 0 Å². The number of nitrogens with one attached hydrogen (secondary N) is 2. The molecule has 1 amide bonds. The van der Waals surface area contributed by atoms with Gasteiger partial charge in [0.05, 0.1) is 17.6 Å². The zero-order valence-corrected chi connectivity index (χ0v) is 13.2. The fourth-order valence-corrected chi connectivity index (χ4v) is 2.29. The topological polar surface area (TPSA) is 70.6 Å². The highest BCUT2D eigenvalue weighted by molar-refractivity contribution is 9.10. The minimum absolute atomic E-state index is 0.0253. The molecule has 2 rings (SSSR count). The highest BCUT2D eigenvalue weighted by Crippen LogP contribution is 2.35. The summed E-state index contributed by atoms with van der Waals surface area (Å²) < 4.78 is 5.67. The van der Waals surface area contributed by atoms with Crippen molar-refractivity contribution in [1.29, 1.82) is 0 Å². The van der Waals surface area contributed by atoms with E-state index < -0.39 is 0 Å². The molecule has 1 aliphatic rings. The summed E-state index contributed by atoms with van der Waals surface area (Å²) in [6.07, 6.45) is 2.17. The number of amides is 1. The van der Waals surface area contributed by atoms with Crippen LogP contribution in [-0.4, -0.2) is 30.2 Å². The van der Waals surface area contributed by atoms with Crippen LogP contribution in [0.3, 0.4) is 0 Å². The van der Waals surface area contributed by atoms with Crippen LogP contribution >= 0.6 is 15.9 Å². The normalized spacial score (nSPS) is 15.8. The maximum Gasteiger partial charge on any atom is 0.237 e. The molecule has 1 aromatic carbocycles. The number of halogens is 1. The predicted octanol–water partition coefficient (Wildman–Crippen LogP) is 1.92. The van der Waals surface area contributed by atoms with Crippen molar-refractivity contribution in [2.24, 2.45) is 0 Å². The van der Waals surface area contributed by atoms with E-state index >= 15 is 0 Å². The molecule has 0 bridgehead atoms. The summed E-state index contributed by atoms with van der Waals surface area (Å²) in [5.74, 6) is 0.513. The second-order valence-corrected chi connectivity index (χ2v) is 5.87. The van der Waals surface area contributed by atoms with Gasteiger partial charge in [0.15, 0.2) is 11.5 Å². The molecule has 1 aliphatic carbocycles. The molecule has 3 N–H and O–H groups in total. The van der Waals surface area contributed by atoms with E-state index in [-0.39, 0.29) is 17.7 Å². The van der Waals surface area contributed by atoms with Crippen LogP contribution in [0.5, 0.6) is 11.5 Å². The van der Waals surface area contributed by atoms with E-state index in [0.717, 1.165) is 18.4 Å². The Morgan fingerprint density at radius 2 is 2.25 bits per heavy atom. The summed E-state index contributed by atoms with van der Waals surface area (Å²) in [5.41, 5.74) is 0.928. The van der Waals surface area contributed by atoms with Crippen LogP contribution in [0.1, 0.15) is 25.3 Å². The number of rotatable bonds is 6. The van der Waals surface area contributed by atoms with Crippen molar-refractivity contribution < 1.29 is 14.6 Å². The van der Waals surface area contributed by atoms with E-state index in [1.807, 2.05) is 6.92 Å². The van der Waals surface area contributed by atoms with Crippen molar-refractivity contribution in [1.82, 2.24) is 10.6 Å². The fourth-order valence-electron chi connectivity index (χ4n) is 1.80. The van der Waals surface area contributed by atoms with Crippen LogP contribution in [0.4, 0.5) is 0 Å². The van der Waals surface area contributed by atoms with E-state index in [2.05, 4.69) is 26.6 Å². The van der Waals surface area contributed by atoms with E-state index in [4.69, 9.17) is 4.74 Å². The molecule has 110 valence electrons.